The van der Waals surface area contributed by atoms with Gasteiger partial charge in [0, 0.05) is 12.8 Å². The highest BCUT2D eigenvalue weighted by atomic mass is 31.2. The van der Waals surface area contributed by atoms with E-state index in [9.17, 15) is 24.2 Å². The van der Waals surface area contributed by atoms with Gasteiger partial charge in [0.05, 0.1) is 19.8 Å². The molecular formula is C45H77O10P. The van der Waals surface area contributed by atoms with E-state index in [0.29, 0.717) is 12.8 Å². The molecule has 322 valence electrons. The molecule has 11 heteroatoms. The number of aliphatic hydroxyl groups excluding tert-OH is 2. The van der Waals surface area contributed by atoms with Crippen LogP contribution >= 0.6 is 7.82 Å². The highest BCUT2D eigenvalue weighted by Crippen LogP contribution is 2.43. The summed E-state index contributed by atoms with van der Waals surface area (Å²) in [6.45, 7) is 2.17. The summed E-state index contributed by atoms with van der Waals surface area (Å²) < 4.78 is 32.6. The molecule has 0 spiro atoms. The molecule has 3 unspecified atom stereocenters. The maximum Gasteiger partial charge on any atom is 0.472 e. The maximum absolute atomic E-state index is 12.6. The van der Waals surface area contributed by atoms with E-state index >= 15 is 0 Å². The SMILES string of the molecule is CC/C=C\C/C=C\C/C=C\C/C=C\CCCCC(=O)OC(COC(=O)CCCCCCCCC/C=C\C/C=C\CCCCCC)COP(=O)(O)OCC(O)CO. The zero-order valence-corrected chi connectivity index (χ0v) is 35.7. The number of allylic oxidation sites excluding steroid dienone is 12. The van der Waals surface area contributed by atoms with Gasteiger partial charge in [0.15, 0.2) is 6.10 Å². The molecule has 0 aliphatic carbocycles. The van der Waals surface area contributed by atoms with Crippen molar-refractivity contribution in [3.63, 3.8) is 0 Å². The van der Waals surface area contributed by atoms with Crippen molar-refractivity contribution in [2.75, 3.05) is 26.4 Å². The number of carbonyl (C=O) groups excluding carboxylic acids is 2. The van der Waals surface area contributed by atoms with E-state index in [2.05, 4.69) is 91.3 Å². The Hall–Kier alpha value is -2.59. The number of phosphoric acid groups is 1. The molecule has 0 saturated carbocycles. The van der Waals surface area contributed by atoms with Gasteiger partial charge in [-0.15, -0.1) is 0 Å². The van der Waals surface area contributed by atoms with Crippen LogP contribution in [0.1, 0.15) is 162 Å². The van der Waals surface area contributed by atoms with Crippen LogP contribution in [-0.4, -0.2) is 65.7 Å². The Bertz CT molecular complexity index is 1160. The van der Waals surface area contributed by atoms with Gasteiger partial charge in [-0.1, -0.05) is 138 Å². The molecule has 0 aromatic rings. The monoisotopic (exact) mass is 809 g/mol. The van der Waals surface area contributed by atoms with Gasteiger partial charge < -0.3 is 24.6 Å². The van der Waals surface area contributed by atoms with Crippen LogP contribution in [0.5, 0.6) is 0 Å². The van der Waals surface area contributed by atoms with Crippen LogP contribution < -0.4 is 0 Å². The number of esters is 2. The summed E-state index contributed by atoms with van der Waals surface area (Å²) in [5, 5.41) is 18.3. The predicted octanol–water partition coefficient (Wildman–Crippen LogP) is 11.3. The number of hydrogen-bond donors (Lipinski definition) is 3. The van der Waals surface area contributed by atoms with E-state index in [1.807, 2.05) is 0 Å². The first-order valence-electron chi connectivity index (χ1n) is 21.4. The van der Waals surface area contributed by atoms with Crippen molar-refractivity contribution in [1.29, 1.82) is 0 Å². The van der Waals surface area contributed by atoms with Crippen molar-refractivity contribution in [3.05, 3.63) is 72.9 Å². The summed E-state index contributed by atoms with van der Waals surface area (Å²) in [5.41, 5.74) is 0. The molecule has 0 aromatic heterocycles. The number of hydrogen-bond acceptors (Lipinski definition) is 9. The zero-order valence-electron chi connectivity index (χ0n) is 34.8. The predicted molar refractivity (Wildman–Crippen MR) is 228 cm³/mol. The molecule has 0 radical (unpaired) electrons. The zero-order chi connectivity index (χ0) is 41.2. The maximum atomic E-state index is 12.6. The van der Waals surface area contributed by atoms with E-state index in [1.165, 1.54) is 51.4 Å². The van der Waals surface area contributed by atoms with E-state index in [0.717, 1.165) is 70.6 Å². The van der Waals surface area contributed by atoms with E-state index in [-0.39, 0.29) is 19.4 Å². The molecule has 0 aliphatic rings. The van der Waals surface area contributed by atoms with Crippen LogP contribution in [0.15, 0.2) is 72.9 Å². The summed E-state index contributed by atoms with van der Waals surface area (Å²) in [6.07, 6.45) is 45.8. The van der Waals surface area contributed by atoms with Gasteiger partial charge in [-0.05, 0) is 83.5 Å². The van der Waals surface area contributed by atoms with Gasteiger partial charge >= 0.3 is 19.8 Å². The van der Waals surface area contributed by atoms with Crippen LogP contribution in [0.4, 0.5) is 0 Å². The fourth-order valence-corrected chi connectivity index (χ4v) is 6.10. The van der Waals surface area contributed by atoms with Gasteiger partial charge in [-0.2, -0.15) is 0 Å². The first-order valence-corrected chi connectivity index (χ1v) is 22.9. The third-order valence-electron chi connectivity index (χ3n) is 8.59. The van der Waals surface area contributed by atoms with Crippen LogP contribution in [0.25, 0.3) is 0 Å². The van der Waals surface area contributed by atoms with E-state index in [4.69, 9.17) is 19.1 Å². The molecule has 0 bridgehead atoms. The first-order chi connectivity index (χ1) is 27.2. The minimum atomic E-state index is -4.63. The van der Waals surface area contributed by atoms with Crippen LogP contribution in [0.3, 0.4) is 0 Å². The smallest absolute Gasteiger partial charge is 0.462 e. The normalized spacial score (nSPS) is 14.6. The lowest BCUT2D eigenvalue weighted by Gasteiger charge is -2.20. The van der Waals surface area contributed by atoms with Crippen molar-refractivity contribution in [2.24, 2.45) is 0 Å². The average molecular weight is 809 g/mol. The Kier molecular flexibility index (Phi) is 38.7. The van der Waals surface area contributed by atoms with E-state index in [1.54, 1.807) is 0 Å². The van der Waals surface area contributed by atoms with Crippen molar-refractivity contribution < 1.29 is 47.8 Å². The lowest BCUT2D eigenvalue weighted by Crippen LogP contribution is -2.29. The summed E-state index contributed by atoms with van der Waals surface area (Å²) in [7, 11) is -4.63. The highest BCUT2D eigenvalue weighted by molar-refractivity contribution is 7.47. The second-order valence-corrected chi connectivity index (χ2v) is 15.4. The quantitative estimate of drug-likeness (QED) is 0.0237. The standard InChI is InChI=1S/C45H77O10P/c1-3-5-7-9-11-13-15-17-19-20-21-23-24-26-28-30-32-34-36-44(48)52-40-43(41-54-56(50,51)53-39-42(47)38-46)55-45(49)37-35-33-31-29-27-25-22-18-16-14-12-10-8-6-4-2/h6,8,12-15,18-20,22,27,29,42-43,46-47H,3-5,7,9-11,16-17,21,23-26,28,30-41H2,1-2H3,(H,50,51)/b8-6-,14-12-,15-13-,20-19-,22-18-,29-27-. The highest BCUT2D eigenvalue weighted by Gasteiger charge is 2.27. The van der Waals surface area contributed by atoms with Crippen LogP contribution in [-0.2, 0) is 32.7 Å². The Morgan fingerprint density at radius 2 is 0.982 bits per heavy atom. The fourth-order valence-electron chi connectivity index (χ4n) is 5.31. The molecule has 3 atom stereocenters. The van der Waals surface area contributed by atoms with Gasteiger partial charge in [0.2, 0.25) is 0 Å². The van der Waals surface area contributed by atoms with Gasteiger partial charge in [-0.3, -0.25) is 18.6 Å². The fraction of sp³-hybridized carbons (Fsp3) is 0.689. The van der Waals surface area contributed by atoms with Gasteiger partial charge in [-0.25, -0.2) is 4.57 Å². The molecule has 56 heavy (non-hydrogen) atoms. The molecule has 0 rings (SSSR count). The van der Waals surface area contributed by atoms with E-state index < -0.39 is 51.8 Å². The second kappa shape index (κ2) is 40.6. The van der Waals surface area contributed by atoms with Crippen LogP contribution in [0, 0.1) is 0 Å². The Labute approximate surface area is 339 Å². The largest absolute Gasteiger partial charge is 0.472 e. The Morgan fingerprint density at radius 3 is 1.52 bits per heavy atom. The molecule has 0 fully saturated rings. The molecule has 10 nitrogen and oxygen atoms in total. The summed E-state index contributed by atoms with van der Waals surface area (Å²) in [4.78, 5) is 35.0. The Morgan fingerprint density at radius 1 is 0.554 bits per heavy atom. The number of aliphatic hydroxyl groups is 2. The average Bonchev–Trinajstić information content (AvgIpc) is 3.19. The number of rotatable bonds is 39. The molecule has 0 aromatic carbocycles. The number of phosphoric ester groups is 1. The number of ether oxygens (including phenoxy) is 2. The number of carbonyl (C=O) groups is 2. The molecule has 0 aliphatic heterocycles. The first kappa shape index (κ1) is 53.4. The summed E-state index contributed by atoms with van der Waals surface area (Å²) in [6, 6.07) is 0. The third-order valence-corrected chi connectivity index (χ3v) is 9.55. The molecule has 0 saturated heterocycles. The molecule has 0 heterocycles. The van der Waals surface area contributed by atoms with Crippen molar-refractivity contribution in [1.82, 2.24) is 0 Å². The number of unbranched alkanes of at least 4 members (excludes halogenated alkanes) is 13. The molecule has 3 N–H and O–H groups in total. The molecule has 0 amide bonds. The lowest BCUT2D eigenvalue weighted by molar-refractivity contribution is -0.161. The summed E-state index contributed by atoms with van der Waals surface area (Å²) in [5.74, 6) is -0.988. The van der Waals surface area contributed by atoms with Crippen LogP contribution in [0.2, 0.25) is 0 Å². The van der Waals surface area contributed by atoms with Crippen molar-refractivity contribution in [2.45, 2.75) is 174 Å². The van der Waals surface area contributed by atoms with Crippen molar-refractivity contribution in [3.8, 4) is 0 Å². The second-order valence-electron chi connectivity index (χ2n) is 14.0. The molecular weight excluding hydrogens is 731 g/mol. The lowest BCUT2D eigenvalue weighted by atomic mass is 10.1. The topological polar surface area (TPSA) is 149 Å². The third kappa shape index (κ3) is 39.6. The minimum Gasteiger partial charge on any atom is -0.462 e. The van der Waals surface area contributed by atoms with Crippen molar-refractivity contribution >= 4 is 19.8 Å². The Balaban J connectivity index is 4.38. The summed E-state index contributed by atoms with van der Waals surface area (Å²) >= 11 is 0. The minimum absolute atomic E-state index is 0.127. The van der Waals surface area contributed by atoms with Gasteiger partial charge in [0.1, 0.15) is 12.7 Å². The van der Waals surface area contributed by atoms with Gasteiger partial charge in [0.25, 0.3) is 0 Å².